The number of hydrogen-bond acceptors (Lipinski definition) is 3. The summed E-state index contributed by atoms with van der Waals surface area (Å²) in [4.78, 5) is 31.2. The van der Waals surface area contributed by atoms with E-state index in [1.807, 2.05) is 97.9 Å². The molecule has 2 amide bonds. The smallest absolute Gasteiger partial charge is 0.242 e. The van der Waals surface area contributed by atoms with E-state index in [2.05, 4.69) is 12.1 Å². The highest BCUT2D eigenvalue weighted by Crippen LogP contribution is 2.27. The fourth-order valence-electron chi connectivity index (χ4n) is 4.54. The van der Waals surface area contributed by atoms with E-state index in [1.54, 1.807) is 16.1 Å². The van der Waals surface area contributed by atoms with E-state index in [0.717, 1.165) is 35.3 Å². The van der Waals surface area contributed by atoms with Crippen molar-refractivity contribution in [3.8, 4) is 0 Å². The van der Waals surface area contributed by atoms with E-state index in [4.69, 9.17) is 4.42 Å². The first-order chi connectivity index (χ1) is 18.2. The highest BCUT2D eigenvalue weighted by Gasteiger charge is 2.29. The third-order valence-electron chi connectivity index (χ3n) is 6.44. The molecule has 5 nitrogen and oxygen atoms in total. The molecule has 0 aliphatic heterocycles. The van der Waals surface area contributed by atoms with Crippen LogP contribution in [0.2, 0.25) is 0 Å². The van der Waals surface area contributed by atoms with E-state index in [1.165, 1.54) is 0 Å². The highest BCUT2D eigenvalue weighted by atomic mass is 16.3. The molecule has 0 spiro atoms. The van der Waals surface area contributed by atoms with E-state index in [-0.39, 0.29) is 18.4 Å². The van der Waals surface area contributed by atoms with E-state index in [0.29, 0.717) is 19.6 Å². The van der Waals surface area contributed by atoms with Gasteiger partial charge in [-0.05, 0) is 41.7 Å². The molecule has 37 heavy (non-hydrogen) atoms. The molecular weight excluding hydrogens is 460 g/mol. The maximum absolute atomic E-state index is 14.0. The third-order valence-corrected chi connectivity index (χ3v) is 6.44. The molecule has 1 aromatic heterocycles. The van der Waals surface area contributed by atoms with Crippen LogP contribution in [-0.2, 0) is 22.6 Å². The number of carbonyl (C=O) groups excluding carboxylic acids is 2. The third kappa shape index (κ3) is 7.20. The Kier molecular flexibility index (Phi) is 9.30. The van der Waals surface area contributed by atoms with Crippen LogP contribution in [-0.4, -0.2) is 41.2 Å². The first-order valence-electron chi connectivity index (χ1n) is 12.9. The molecule has 0 unspecified atom stereocenters. The number of benzene rings is 3. The Morgan fingerprint density at radius 3 is 1.86 bits per heavy atom. The number of hydrogen-bond donors (Lipinski definition) is 0. The van der Waals surface area contributed by atoms with Gasteiger partial charge in [-0.3, -0.25) is 9.59 Å². The minimum absolute atomic E-state index is 0.0261. The van der Waals surface area contributed by atoms with Gasteiger partial charge in [0, 0.05) is 13.1 Å². The molecule has 0 N–H and O–H groups in total. The minimum Gasteiger partial charge on any atom is -0.467 e. The Labute approximate surface area is 219 Å². The van der Waals surface area contributed by atoms with Gasteiger partial charge in [0.05, 0.1) is 25.3 Å². The zero-order chi connectivity index (χ0) is 25.9. The number of nitrogens with zero attached hydrogens (tertiary/aromatic N) is 2. The maximum atomic E-state index is 14.0. The fraction of sp³-hybridized carbons (Fsp3) is 0.250. The summed E-state index contributed by atoms with van der Waals surface area (Å²) in [5.41, 5.74) is 3.00. The van der Waals surface area contributed by atoms with Crippen molar-refractivity contribution in [3.63, 3.8) is 0 Å². The highest BCUT2D eigenvalue weighted by molar-refractivity contribution is 5.91. The molecule has 190 valence electrons. The lowest BCUT2D eigenvalue weighted by atomic mass is 9.90. The van der Waals surface area contributed by atoms with Crippen LogP contribution in [0.1, 0.15) is 41.7 Å². The standard InChI is InChI=1S/C32H34N2O3/c1-2-21-34(32(36)31(27-15-8-4-9-16-27)28-17-10-5-11-18-28)25-30(35)33(24-29-19-12-23-37-29)22-20-26-13-6-3-7-14-26/h3-19,23,31H,2,20-22,24-25H2,1H3. The molecule has 4 aromatic rings. The summed E-state index contributed by atoms with van der Waals surface area (Å²) in [5, 5.41) is 0. The summed E-state index contributed by atoms with van der Waals surface area (Å²) in [6.07, 6.45) is 3.11. The zero-order valence-electron chi connectivity index (χ0n) is 21.3. The van der Waals surface area contributed by atoms with Gasteiger partial charge in [0.25, 0.3) is 0 Å². The Bertz CT molecular complexity index is 1190. The molecule has 0 fully saturated rings. The van der Waals surface area contributed by atoms with Crippen molar-refractivity contribution in [1.82, 2.24) is 9.80 Å². The van der Waals surface area contributed by atoms with Crippen LogP contribution in [0.3, 0.4) is 0 Å². The van der Waals surface area contributed by atoms with Crippen LogP contribution in [0.15, 0.2) is 114 Å². The van der Waals surface area contributed by atoms with Gasteiger partial charge in [0.15, 0.2) is 0 Å². The average Bonchev–Trinajstić information content (AvgIpc) is 3.46. The van der Waals surface area contributed by atoms with Gasteiger partial charge in [-0.15, -0.1) is 0 Å². The molecule has 5 heteroatoms. The maximum Gasteiger partial charge on any atom is 0.242 e. The Hall–Kier alpha value is -4.12. The molecule has 0 radical (unpaired) electrons. The van der Waals surface area contributed by atoms with Crippen LogP contribution >= 0.6 is 0 Å². The van der Waals surface area contributed by atoms with E-state index >= 15 is 0 Å². The van der Waals surface area contributed by atoms with Crippen molar-refractivity contribution in [2.75, 3.05) is 19.6 Å². The lowest BCUT2D eigenvalue weighted by molar-refractivity contribution is -0.141. The van der Waals surface area contributed by atoms with E-state index < -0.39 is 5.92 Å². The van der Waals surface area contributed by atoms with Crippen molar-refractivity contribution in [2.24, 2.45) is 0 Å². The van der Waals surface area contributed by atoms with Gasteiger partial charge in [-0.2, -0.15) is 0 Å². The van der Waals surface area contributed by atoms with E-state index in [9.17, 15) is 9.59 Å². The molecule has 1 heterocycles. The Morgan fingerprint density at radius 2 is 1.32 bits per heavy atom. The normalized spacial score (nSPS) is 10.9. The van der Waals surface area contributed by atoms with Crippen molar-refractivity contribution in [2.45, 2.75) is 32.2 Å². The van der Waals surface area contributed by atoms with Gasteiger partial charge < -0.3 is 14.2 Å². The predicted octanol–water partition coefficient (Wildman–Crippen LogP) is 5.92. The lowest BCUT2D eigenvalue weighted by Gasteiger charge is -2.30. The van der Waals surface area contributed by atoms with Crippen LogP contribution in [0, 0.1) is 0 Å². The van der Waals surface area contributed by atoms with Crippen molar-refractivity contribution >= 4 is 11.8 Å². The van der Waals surface area contributed by atoms with Crippen molar-refractivity contribution in [3.05, 3.63) is 132 Å². The van der Waals surface area contributed by atoms with Crippen LogP contribution in [0.4, 0.5) is 0 Å². The summed E-state index contributed by atoms with van der Waals surface area (Å²) in [7, 11) is 0. The second-order valence-electron chi connectivity index (χ2n) is 9.14. The molecule has 0 bridgehead atoms. The Morgan fingerprint density at radius 1 is 0.730 bits per heavy atom. The van der Waals surface area contributed by atoms with Crippen molar-refractivity contribution < 1.29 is 14.0 Å². The van der Waals surface area contributed by atoms with Gasteiger partial charge in [-0.25, -0.2) is 0 Å². The second-order valence-corrected chi connectivity index (χ2v) is 9.14. The summed E-state index contributed by atoms with van der Waals surface area (Å²) < 4.78 is 5.55. The topological polar surface area (TPSA) is 53.8 Å². The summed E-state index contributed by atoms with van der Waals surface area (Å²) in [5.74, 6) is 0.105. The van der Waals surface area contributed by atoms with Gasteiger partial charge in [-0.1, -0.05) is 97.9 Å². The lowest BCUT2D eigenvalue weighted by Crippen LogP contribution is -2.45. The van der Waals surface area contributed by atoms with Crippen LogP contribution in [0.5, 0.6) is 0 Å². The fourth-order valence-corrected chi connectivity index (χ4v) is 4.54. The summed E-state index contributed by atoms with van der Waals surface area (Å²) in [6, 6.07) is 33.4. The molecule has 0 aliphatic rings. The summed E-state index contributed by atoms with van der Waals surface area (Å²) >= 11 is 0. The number of carbonyl (C=O) groups is 2. The predicted molar refractivity (Wildman–Crippen MR) is 146 cm³/mol. The zero-order valence-corrected chi connectivity index (χ0v) is 21.3. The van der Waals surface area contributed by atoms with Gasteiger partial charge in [0.1, 0.15) is 5.76 Å². The molecule has 4 rings (SSSR count). The van der Waals surface area contributed by atoms with Gasteiger partial charge >= 0.3 is 0 Å². The second kappa shape index (κ2) is 13.3. The molecule has 0 aliphatic carbocycles. The van der Waals surface area contributed by atoms with Gasteiger partial charge in [0.2, 0.25) is 11.8 Å². The van der Waals surface area contributed by atoms with Crippen molar-refractivity contribution in [1.29, 1.82) is 0 Å². The number of amides is 2. The number of rotatable bonds is 12. The largest absolute Gasteiger partial charge is 0.467 e. The quantitative estimate of drug-likeness (QED) is 0.246. The first-order valence-corrected chi connectivity index (χ1v) is 12.9. The van der Waals surface area contributed by atoms with Crippen LogP contribution < -0.4 is 0 Å². The SMILES string of the molecule is CCCN(CC(=O)N(CCc1ccccc1)Cc1ccco1)C(=O)C(c1ccccc1)c1ccccc1. The average molecular weight is 495 g/mol. The minimum atomic E-state index is -0.468. The van der Waals surface area contributed by atoms with Crippen LogP contribution in [0.25, 0.3) is 0 Å². The first kappa shape index (κ1) is 26.0. The number of furan rings is 1. The molecule has 3 aromatic carbocycles. The molecular formula is C32H34N2O3. The molecule has 0 saturated carbocycles. The molecule has 0 saturated heterocycles. The summed E-state index contributed by atoms with van der Waals surface area (Å²) in [6.45, 7) is 3.47. The monoisotopic (exact) mass is 494 g/mol. The molecule has 0 atom stereocenters. The Balaban J connectivity index is 1.56.